The maximum Gasteiger partial charge on any atom is 0.330 e. The highest BCUT2D eigenvalue weighted by atomic mass is 32.2. The molecule has 2 N–H and O–H groups in total. The van der Waals surface area contributed by atoms with E-state index in [1.54, 1.807) is 54.9 Å². The van der Waals surface area contributed by atoms with Crippen LogP contribution < -0.4 is 5.32 Å². The van der Waals surface area contributed by atoms with Gasteiger partial charge in [-0.1, -0.05) is 30.3 Å². The van der Waals surface area contributed by atoms with E-state index in [1.807, 2.05) is 0 Å². The molecule has 2 rings (SSSR count). The fraction of sp³-hybridized carbons (Fsp3) is 0.133. The van der Waals surface area contributed by atoms with Gasteiger partial charge in [0.15, 0.2) is 6.04 Å². The Kier molecular flexibility index (Phi) is 5.34. The third-order valence-corrected chi connectivity index (χ3v) is 3.72. The average molecular weight is 302 g/mol. The van der Waals surface area contributed by atoms with Crippen LogP contribution >= 0.6 is 11.8 Å². The summed E-state index contributed by atoms with van der Waals surface area (Å²) in [4.78, 5) is 28.0. The van der Waals surface area contributed by atoms with Gasteiger partial charge in [-0.25, -0.2) is 4.79 Å². The molecule has 1 heterocycles. The third-order valence-electron chi connectivity index (χ3n) is 2.70. The number of carboxylic acid groups (broad SMARTS) is 1. The van der Waals surface area contributed by atoms with Crippen LogP contribution in [0.15, 0.2) is 59.8 Å². The molecular formula is C15H14N2O3S. The van der Waals surface area contributed by atoms with Gasteiger partial charge in [0, 0.05) is 17.3 Å². The smallest absolute Gasteiger partial charge is 0.330 e. The molecule has 1 atom stereocenters. The first-order valence-electron chi connectivity index (χ1n) is 6.27. The van der Waals surface area contributed by atoms with E-state index in [0.717, 1.165) is 4.90 Å². The molecule has 0 radical (unpaired) electrons. The molecule has 0 spiro atoms. The number of aromatic nitrogens is 1. The number of carbonyl (C=O) groups excluding carboxylic acids is 1. The summed E-state index contributed by atoms with van der Waals surface area (Å²) in [6, 6.07) is 11.2. The first-order valence-corrected chi connectivity index (χ1v) is 7.25. The quantitative estimate of drug-likeness (QED) is 0.799. The monoisotopic (exact) mass is 302 g/mol. The number of aliphatic carboxylic acids is 1. The van der Waals surface area contributed by atoms with Crippen LogP contribution in [0.5, 0.6) is 0 Å². The molecule has 1 unspecified atom stereocenters. The molecule has 0 aliphatic rings. The van der Waals surface area contributed by atoms with Gasteiger partial charge in [-0.3, -0.25) is 9.78 Å². The maximum absolute atomic E-state index is 11.9. The summed E-state index contributed by atoms with van der Waals surface area (Å²) < 4.78 is 0. The first-order chi connectivity index (χ1) is 10.2. The Morgan fingerprint density at radius 1 is 1.14 bits per heavy atom. The number of hydrogen-bond acceptors (Lipinski definition) is 4. The molecule has 0 aliphatic carbocycles. The molecule has 1 aromatic heterocycles. The van der Waals surface area contributed by atoms with Gasteiger partial charge in [0.05, 0.1) is 5.75 Å². The highest BCUT2D eigenvalue weighted by Gasteiger charge is 2.21. The van der Waals surface area contributed by atoms with Crippen molar-refractivity contribution in [3.8, 4) is 0 Å². The Labute approximate surface area is 126 Å². The minimum atomic E-state index is -1.08. The summed E-state index contributed by atoms with van der Waals surface area (Å²) in [5.41, 5.74) is 0.548. The van der Waals surface area contributed by atoms with Crippen LogP contribution in [-0.2, 0) is 9.59 Å². The third kappa shape index (κ3) is 4.61. The van der Waals surface area contributed by atoms with Crippen LogP contribution in [0, 0.1) is 0 Å². The predicted octanol–water partition coefficient (Wildman–Crippen LogP) is 2.12. The van der Waals surface area contributed by atoms with Crippen LogP contribution in [0.3, 0.4) is 0 Å². The normalized spacial score (nSPS) is 11.6. The lowest BCUT2D eigenvalue weighted by molar-refractivity contribution is -0.141. The maximum atomic E-state index is 11.9. The molecule has 1 amide bonds. The molecule has 2 aromatic rings. The van der Waals surface area contributed by atoms with Crippen LogP contribution in [0.4, 0.5) is 0 Å². The van der Waals surface area contributed by atoms with Crippen molar-refractivity contribution in [2.24, 2.45) is 0 Å². The van der Waals surface area contributed by atoms with Crippen LogP contribution in [0.1, 0.15) is 11.6 Å². The topological polar surface area (TPSA) is 79.3 Å². The van der Waals surface area contributed by atoms with Gasteiger partial charge in [0.1, 0.15) is 0 Å². The second-order valence-corrected chi connectivity index (χ2v) is 5.27. The van der Waals surface area contributed by atoms with Crippen molar-refractivity contribution >= 4 is 23.6 Å². The van der Waals surface area contributed by atoms with Crippen molar-refractivity contribution < 1.29 is 14.7 Å². The Morgan fingerprint density at radius 2 is 1.81 bits per heavy atom. The van der Waals surface area contributed by atoms with Crippen LogP contribution in [0.2, 0.25) is 0 Å². The summed E-state index contributed by atoms with van der Waals surface area (Å²) in [5.74, 6) is -1.25. The standard InChI is InChI=1S/C15H14N2O3S/c18-13(10-21-12-6-8-16-9-7-12)17-14(15(19)20)11-4-2-1-3-5-11/h1-9,14H,10H2,(H,17,18)(H,19,20). The van der Waals surface area contributed by atoms with Crippen molar-refractivity contribution in [2.45, 2.75) is 10.9 Å². The van der Waals surface area contributed by atoms with Crippen LogP contribution in [0.25, 0.3) is 0 Å². The predicted molar refractivity (Wildman–Crippen MR) is 79.9 cm³/mol. The van der Waals surface area contributed by atoms with E-state index in [-0.39, 0.29) is 11.7 Å². The summed E-state index contributed by atoms with van der Waals surface area (Å²) in [6.45, 7) is 0. The van der Waals surface area contributed by atoms with Crippen molar-refractivity contribution in [3.05, 3.63) is 60.4 Å². The molecule has 0 saturated heterocycles. The number of nitrogens with zero attached hydrogens (tertiary/aromatic N) is 1. The molecule has 5 nitrogen and oxygen atoms in total. The molecule has 0 aliphatic heterocycles. The summed E-state index contributed by atoms with van der Waals surface area (Å²) in [6.07, 6.45) is 3.29. The van der Waals surface area contributed by atoms with E-state index < -0.39 is 12.0 Å². The fourth-order valence-corrected chi connectivity index (χ4v) is 2.41. The lowest BCUT2D eigenvalue weighted by Crippen LogP contribution is -2.34. The summed E-state index contributed by atoms with van der Waals surface area (Å²) >= 11 is 1.33. The van der Waals surface area contributed by atoms with Gasteiger partial charge in [-0.05, 0) is 17.7 Å². The first kappa shape index (κ1) is 15.1. The Morgan fingerprint density at radius 3 is 2.43 bits per heavy atom. The fourth-order valence-electron chi connectivity index (χ4n) is 1.72. The van der Waals surface area contributed by atoms with Gasteiger partial charge in [-0.15, -0.1) is 11.8 Å². The number of hydrogen-bond donors (Lipinski definition) is 2. The van der Waals surface area contributed by atoms with Crippen molar-refractivity contribution in [2.75, 3.05) is 5.75 Å². The van der Waals surface area contributed by atoms with E-state index in [0.29, 0.717) is 5.56 Å². The Hall–Kier alpha value is -2.34. The highest BCUT2D eigenvalue weighted by molar-refractivity contribution is 8.00. The number of thioether (sulfide) groups is 1. The second-order valence-electron chi connectivity index (χ2n) is 4.22. The lowest BCUT2D eigenvalue weighted by atomic mass is 10.1. The minimum Gasteiger partial charge on any atom is -0.479 e. The number of nitrogens with one attached hydrogen (secondary N) is 1. The van der Waals surface area contributed by atoms with Gasteiger partial charge >= 0.3 is 5.97 Å². The number of pyridine rings is 1. The zero-order valence-electron chi connectivity index (χ0n) is 11.1. The lowest BCUT2D eigenvalue weighted by Gasteiger charge is -2.14. The van der Waals surface area contributed by atoms with E-state index in [4.69, 9.17) is 0 Å². The Bertz CT molecular complexity index is 605. The number of carboxylic acids is 1. The van der Waals surface area contributed by atoms with Crippen molar-refractivity contribution in [3.63, 3.8) is 0 Å². The van der Waals surface area contributed by atoms with Gasteiger partial charge in [-0.2, -0.15) is 0 Å². The molecule has 1 aromatic carbocycles. The average Bonchev–Trinajstić information content (AvgIpc) is 2.52. The minimum absolute atomic E-state index is 0.153. The number of carbonyl (C=O) groups is 2. The van der Waals surface area contributed by atoms with Crippen LogP contribution in [-0.4, -0.2) is 27.7 Å². The zero-order chi connectivity index (χ0) is 15.1. The van der Waals surface area contributed by atoms with E-state index in [1.165, 1.54) is 11.8 Å². The summed E-state index contributed by atoms with van der Waals surface area (Å²) in [7, 11) is 0. The number of rotatable bonds is 6. The van der Waals surface area contributed by atoms with Gasteiger partial charge < -0.3 is 10.4 Å². The van der Waals surface area contributed by atoms with Gasteiger partial charge in [0.25, 0.3) is 0 Å². The largest absolute Gasteiger partial charge is 0.479 e. The Balaban J connectivity index is 1.95. The molecule has 108 valence electrons. The van der Waals surface area contributed by atoms with Crippen molar-refractivity contribution in [1.29, 1.82) is 0 Å². The highest BCUT2D eigenvalue weighted by Crippen LogP contribution is 2.17. The molecule has 21 heavy (non-hydrogen) atoms. The molecule has 0 saturated carbocycles. The van der Waals surface area contributed by atoms with Crippen molar-refractivity contribution in [1.82, 2.24) is 10.3 Å². The molecule has 6 heteroatoms. The summed E-state index contributed by atoms with van der Waals surface area (Å²) in [5, 5.41) is 11.8. The SMILES string of the molecule is O=C(CSc1ccncc1)NC(C(=O)O)c1ccccc1. The molecular weight excluding hydrogens is 288 g/mol. The van der Waals surface area contributed by atoms with E-state index in [9.17, 15) is 14.7 Å². The zero-order valence-corrected chi connectivity index (χ0v) is 11.9. The number of amides is 1. The van der Waals surface area contributed by atoms with E-state index >= 15 is 0 Å². The van der Waals surface area contributed by atoms with Gasteiger partial charge in [0.2, 0.25) is 5.91 Å². The van der Waals surface area contributed by atoms with E-state index in [2.05, 4.69) is 10.3 Å². The molecule has 0 fully saturated rings. The second kappa shape index (κ2) is 7.44. The number of benzene rings is 1. The molecule has 0 bridgehead atoms.